The molecule has 7 heteroatoms. The van der Waals surface area contributed by atoms with E-state index in [4.69, 9.17) is 0 Å². The second-order valence-electron chi connectivity index (χ2n) is 14.3. The summed E-state index contributed by atoms with van der Waals surface area (Å²) in [7, 11) is 0. The first-order valence-corrected chi connectivity index (χ1v) is 14.5. The Labute approximate surface area is 260 Å². The van der Waals surface area contributed by atoms with E-state index < -0.39 is 0 Å². The highest BCUT2D eigenvalue weighted by atomic mass is 14.9. The van der Waals surface area contributed by atoms with Crippen LogP contribution in [0.4, 0.5) is 0 Å². The van der Waals surface area contributed by atoms with E-state index in [1.54, 1.807) is 24.8 Å². The van der Waals surface area contributed by atoms with Gasteiger partial charge in [-0.05, 0) is 24.3 Å². The quantitative estimate of drug-likeness (QED) is 0.189. The molecule has 5 rings (SSSR count). The Hall–Kier alpha value is -3.87. The molecule has 2 N–H and O–H groups in total. The summed E-state index contributed by atoms with van der Waals surface area (Å²) in [6, 6.07) is 14.1. The number of imidazole rings is 2. The summed E-state index contributed by atoms with van der Waals surface area (Å²) in [5.41, 5.74) is 4.91. The molecule has 0 bridgehead atoms. The lowest BCUT2D eigenvalue weighted by molar-refractivity contribution is 0.552. The molecule has 4 heterocycles. The van der Waals surface area contributed by atoms with Crippen molar-refractivity contribution in [3.63, 3.8) is 0 Å². The second-order valence-corrected chi connectivity index (χ2v) is 14.3. The SMILES string of the molecule is C.CC(C)(C)c1ccccn1.CC(C)(C)c1cnccn1.CC(C)(C)c1nc2ccccc2[nH]1.CC(C)(C)c1ncc[nH]1. The van der Waals surface area contributed by atoms with Crippen LogP contribution in [0.2, 0.25) is 0 Å². The number of hydrogen-bond donors (Lipinski definition) is 2. The van der Waals surface area contributed by atoms with Gasteiger partial charge in [0, 0.05) is 64.5 Å². The first-order valence-electron chi connectivity index (χ1n) is 14.5. The summed E-state index contributed by atoms with van der Waals surface area (Å²) < 4.78 is 0. The van der Waals surface area contributed by atoms with Crippen LogP contribution in [0, 0.1) is 0 Å². The number of fused-ring (bicyclic) bond motifs is 1. The zero-order valence-corrected chi connectivity index (χ0v) is 27.7. The summed E-state index contributed by atoms with van der Waals surface area (Å²) in [4.78, 5) is 27.5. The van der Waals surface area contributed by atoms with Gasteiger partial charge in [0.2, 0.25) is 0 Å². The van der Waals surface area contributed by atoms with Crippen molar-refractivity contribution in [3.05, 3.63) is 103 Å². The maximum Gasteiger partial charge on any atom is 0.112 e. The molecule has 7 nitrogen and oxygen atoms in total. The monoisotopic (exact) mass is 585 g/mol. The number of benzene rings is 1. The third-order valence-electron chi connectivity index (χ3n) is 6.07. The van der Waals surface area contributed by atoms with Gasteiger partial charge in [0.05, 0.1) is 16.7 Å². The molecule has 1 aromatic carbocycles. The van der Waals surface area contributed by atoms with Crippen LogP contribution >= 0.6 is 0 Å². The maximum atomic E-state index is 4.53. The van der Waals surface area contributed by atoms with Crippen LogP contribution in [0.1, 0.15) is 114 Å². The first kappa shape index (κ1) is 37.2. The van der Waals surface area contributed by atoms with Gasteiger partial charge >= 0.3 is 0 Å². The lowest BCUT2D eigenvalue weighted by atomic mass is 9.92. The van der Waals surface area contributed by atoms with Gasteiger partial charge in [-0.3, -0.25) is 15.0 Å². The largest absolute Gasteiger partial charge is 0.348 e. The molecule has 43 heavy (non-hydrogen) atoms. The van der Waals surface area contributed by atoms with Crippen LogP contribution < -0.4 is 0 Å². The predicted octanol–water partition coefficient (Wildman–Crippen LogP) is 9.36. The number of nitrogens with zero attached hydrogens (tertiary/aromatic N) is 5. The van der Waals surface area contributed by atoms with Crippen molar-refractivity contribution in [2.24, 2.45) is 0 Å². The van der Waals surface area contributed by atoms with Crippen molar-refractivity contribution < 1.29 is 0 Å². The summed E-state index contributed by atoms with van der Waals surface area (Å²) in [5.74, 6) is 2.09. The third-order valence-corrected chi connectivity index (χ3v) is 6.07. The zero-order valence-electron chi connectivity index (χ0n) is 27.7. The van der Waals surface area contributed by atoms with Gasteiger partial charge in [0.1, 0.15) is 11.6 Å². The Bertz CT molecular complexity index is 1350. The molecule has 0 aliphatic heterocycles. The molecule has 0 fully saturated rings. The molecule has 0 unspecified atom stereocenters. The molecule has 0 saturated heterocycles. The van der Waals surface area contributed by atoms with Gasteiger partial charge in [-0.2, -0.15) is 0 Å². The number of aromatic amines is 2. The van der Waals surface area contributed by atoms with Crippen LogP contribution in [-0.2, 0) is 21.7 Å². The van der Waals surface area contributed by atoms with Crippen LogP contribution in [0.3, 0.4) is 0 Å². The highest BCUT2D eigenvalue weighted by molar-refractivity contribution is 5.74. The van der Waals surface area contributed by atoms with Crippen LogP contribution in [-0.4, -0.2) is 34.9 Å². The van der Waals surface area contributed by atoms with E-state index in [0.29, 0.717) is 0 Å². The van der Waals surface area contributed by atoms with E-state index in [9.17, 15) is 0 Å². The fourth-order valence-corrected chi connectivity index (χ4v) is 3.48. The highest BCUT2D eigenvalue weighted by Gasteiger charge is 2.18. The Morgan fingerprint density at radius 3 is 1.49 bits per heavy atom. The van der Waals surface area contributed by atoms with E-state index in [0.717, 1.165) is 34.1 Å². The van der Waals surface area contributed by atoms with Crippen molar-refractivity contribution in [3.8, 4) is 0 Å². The van der Waals surface area contributed by atoms with E-state index in [-0.39, 0.29) is 29.1 Å². The number of para-hydroxylation sites is 2. The van der Waals surface area contributed by atoms with Crippen molar-refractivity contribution >= 4 is 11.0 Å². The van der Waals surface area contributed by atoms with Gasteiger partial charge in [0.25, 0.3) is 0 Å². The van der Waals surface area contributed by atoms with Crippen LogP contribution in [0.25, 0.3) is 11.0 Å². The number of pyridine rings is 1. The van der Waals surface area contributed by atoms with E-state index in [1.165, 1.54) is 0 Å². The molecule has 0 spiro atoms. The molecular formula is C36H55N7. The normalized spacial score (nSPS) is 11.5. The van der Waals surface area contributed by atoms with Crippen molar-refractivity contribution in [1.82, 2.24) is 34.9 Å². The molecule has 0 amide bonds. The molecule has 234 valence electrons. The third kappa shape index (κ3) is 12.9. The van der Waals surface area contributed by atoms with Crippen LogP contribution in [0.15, 0.2) is 79.6 Å². The minimum Gasteiger partial charge on any atom is -0.348 e. The molecule has 0 atom stereocenters. The Kier molecular flexibility index (Phi) is 13.4. The van der Waals surface area contributed by atoms with E-state index >= 15 is 0 Å². The fraction of sp³-hybridized carbons (Fsp3) is 0.472. The van der Waals surface area contributed by atoms with Gasteiger partial charge in [-0.1, -0.05) is 109 Å². The lowest BCUT2D eigenvalue weighted by Gasteiger charge is -2.16. The molecule has 0 aliphatic rings. The van der Waals surface area contributed by atoms with Gasteiger partial charge in [0.15, 0.2) is 0 Å². The maximum absolute atomic E-state index is 4.53. The van der Waals surface area contributed by atoms with Crippen molar-refractivity contribution in [2.75, 3.05) is 0 Å². The summed E-state index contributed by atoms with van der Waals surface area (Å²) in [6.45, 7) is 25.7. The van der Waals surface area contributed by atoms with Crippen molar-refractivity contribution in [1.29, 1.82) is 0 Å². The van der Waals surface area contributed by atoms with Crippen molar-refractivity contribution in [2.45, 2.75) is 112 Å². The Morgan fingerprint density at radius 2 is 1.12 bits per heavy atom. The topological polar surface area (TPSA) is 96.0 Å². The van der Waals surface area contributed by atoms with Gasteiger partial charge in [-0.15, -0.1) is 0 Å². The second kappa shape index (κ2) is 15.6. The minimum absolute atomic E-state index is 0. The van der Waals surface area contributed by atoms with Gasteiger partial charge < -0.3 is 9.97 Å². The molecule has 0 saturated carbocycles. The standard InChI is InChI=1S/C11H14N2.C9H13N.C8H12N2.C7H12N2.CH4/c1-11(2,3)10-12-8-6-4-5-7-9(8)13-10;1-9(2,3)8-6-4-5-7-10-8;1-8(2,3)7-6-9-4-5-10-7;1-7(2,3)6-8-4-5-9-6;/h4-7H,1-3H3,(H,12,13);4-7H,1-3H3;4-6H,1-3H3;4-5H,1-3H3,(H,8,9);1H4. The summed E-state index contributed by atoms with van der Waals surface area (Å²) in [5, 5.41) is 0. The zero-order chi connectivity index (χ0) is 31.6. The number of nitrogens with one attached hydrogen (secondary N) is 2. The number of aromatic nitrogens is 7. The molecule has 5 aromatic rings. The Morgan fingerprint density at radius 1 is 0.535 bits per heavy atom. The minimum atomic E-state index is 0. The highest BCUT2D eigenvalue weighted by Crippen LogP contribution is 2.22. The molecular weight excluding hydrogens is 530 g/mol. The smallest absolute Gasteiger partial charge is 0.112 e. The summed E-state index contributed by atoms with van der Waals surface area (Å²) in [6.07, 6.45) is 10.7. The lowest BCUT2D eigenvalue weighted by Crippen LogP contribution is -2.13. The number of hydrogen-bond acceptors (Lipinski definition) is 5. The molecule has 4 aromatic heterocycles. The fourth-order valence-electron chi connectivity index (χ4n) is 3.48. The Balaban J connectivity index is 0.000000288. The number of H-pyrrole nitrogens is 2. The summed E-state index contributed by atoms with van der Waals surface area (Å²) >= 11 is 0. The average molecular weight is 586 g/mol. The molecule has 0 radical (unpaired) electrons. The first-order chi connectivity index (χ1) is 19.4. The van der Waals surface area contributed by atoms with E-state index in [2.05, 4.69) is 130 Å². The predicted molar refractivity (Wildman–Crippen MR) is 182 cm³/mol. The average Bonchev–Trinajstić information content (AvgIpc) is 3.61. The number of rotatable bonds is 0. The van der Waals surface area contributed by atoms with Gasteiger partial charge in [-0.25, -0.2) is 9.97 Å². The molecule has 0 aliphatic carbocycles. The van der Waals surface area contributed by atoms with Crippen LogP contribution in [0.5, 0.6) is 0 Å². The van der Waals surface area contributed by atoms with E-state index in [1.807, 2.05) is 42.7 Å².